The van der Waals surface area contributed by atoms with Gasteiger partial charge in [0.1, 0.15) is 0 Å². The number of hydrogen-bond acceptors (Lipinski definition) is 4. The molecule has 30 heavy (non-hydrogen) atoms. The highest BCUT2D eigenvalue weighted by Crippen LogP contribution is 2.25. The van der Waals surface area contributed by atoms with Crippen LogP contribution in [-0.4, -0.2) is 44.3 Å². The van der Waals surface area contributed by atoms with Gasteiger partial charge in [-0.05, 0) is 50.1 Å². The van der Waals surface area contributed by atoms with E-state index in [0.29, 0.717) is 37.3 Å². The third-order valence-electron chi connectivity index (χ3n) is 4.86. The van der Waals surface area contributed by atoms with Crippen LogP contribution in [0.25, 0.3) is 0 Å². The van der Waals surface area contributed by atoms with E-state index >= 15 is 0 Å². The molecule has 1 fully saturated rings. The molecule has 3 amide bonds. The predicted molar refractivity (Wildman–Crippen MR) is 116 cm³/mol. The van der Waals surface area contributed by atoms with Crippen LogP contribution in [0.3, 0.4) is 0 Å². The second kappa shape index (κ2) is 9.73. The highest BCUT2D eigenvalue weighted by atomic mass is 32.2. The number of piperidine rings is 1. The normalized spacial score (nSPS) is 17.2. The molecule has 1 saturated heterocycles. The first-order valence-electron chi connectivity index (χ1n) is 9.91. The highest BCUT2D eigenvalue weighted by Gasteiger charge is 2.33. The second-order valence-electron chi connectivity index (χ2n) is 7.07. The highest BCUT2D eigenvalue weighted by molar-refractivity contribution is 7.89. The first kappa shape index (κ1) is 21.8. The monoisotopic (exact) mass is 430 g/mol. The molecule has 0 radical (unpaired) electrons. The maximum Gasteiger partial charge on any atom is 0.319 e. The van der Waals surface area contributed by atoms with Gasteiger partial charge >= 0.3 is 6.03 Å². The lowest BCUT2D eigenvalue weighted by Gasteiger charge is -2.31. The lowest BCUT2D eigenvalue weighted by Crippen LogP contribution is -2.43. The Balaban J connectivity index is 1.65. The van der Waals surface area contributed by atoms with E-state index in [9.17, 15) is 18.0 Å². The molecule has 3 rings (SSSR count). The molecule has 0 bridgehead atoms. The minimum atomic E-state index is -3.63. The summed E-state index contributed by atoms with van der Waals surface area (Å²) < 4.78 is 27.1. The number of sulfonamides is 1. The van der Waals surface area contributed by atoms with Crippen molar-refractivity contribution in [3.05, 3.63) is 54.6 Å². The number of amides is 3. The molecule has 3 N–H and O–H groups in total. The average Bonchev–Trinajstić information content (AvgIpc) is 2.75. The largest absolute Gasteiger partial charge is 0.338 e. The maximum absolute atomic E-state index is 12.9. The summed E-state index contributed by atoms with van der Waals surface area (Å²) in [7, 11) is -3.63. The molecule has 9 heteroatoms. The number of rotatable bonds is 6. The Hall–Kier alpha value is -2.91. The molecule has 1 aliphatic heterocycles. The number of carbonyl (C=O) groups excluding carboxylic acids is 2. The number of nitrogens with one attached hydrogen (secondary N) is 3. The zero-order valence-corrected chi connectivity index (χ0v) is 17.6. The van der Waals surface area contributed by atoms with Crippen LogP contribution in [0.5, 0.6) is 0 Å². The van der Waals surface area contributed by atoms with Crippen molar-refractivity contribution < 1.29 is 18.0 Å². The van der Waals surface area contributed by atoms with Gasteiger partial charge < -0.3 is 16.0 Å². The molecule has 0 saturated carbocycles. The van der Waals surface area contributed by atoms with Gasteiger partial charge in [-0.15, -0.1) is 0 Å². The summed E-state index contributed by atoms with van der Waals surface area (Å²) in [5.74, 6) is -0.685. The number of hydrogen-bond donors (Lipinski definition) is 3. The Bertz CT molecular complexity index is 995. The molecule has 0 spiro atoms. The van der Waals surface area contributed by atoms with E-state index in [-0.39, 0.29) is 23.4 Å². The van der Waals surface area contributed by atoms with Crippen molar-refractivity contribution in [2.75, 3.05) is 30.3 Å². The smallest absolute Gasteiger partial charge is 0.319 e. The standard InChI is InChI=1S/C21H26N4O4S/c1-2-22-21(27)24-18-10-6-9-17(14-18)23-20(26)16-8-7-13-25(15-16)30(28,29)19-11-4-3-5-12-19/h3-6,9-12,14,16H,2,7-8,13,15H2,1H3,(H,23,26)(H2,22,24,27). The van der Waals surface area contributed by atoms with Crippen LogP contribution in [0.15, 0.2) is 59.5 Å². The fourth-order valence-electron chi connectivity index (χ4n) is 3.37. The fraction of sp³-hybridized carbons (Fsp3) is 0.333. The summed E-state index contributed by atoms with van der Waals surface area (Å²) in [5.41, 5.74) is 1.09. The van der Waals surface area contributed by atoms with Crippen LogP contribution in [0.2, 0.25) is 0 Å². The number of urea groups is 1. The summed E-state index contributed by atoms with van der Waals surface area (Å²) in [5, 5.41) is 8.17. The van der Waals surface area contributed by atoms with Gasteiger partial charge in [0.05, 0.1) is 10.8 Å². The first-order chi connectivity index (χ1) is 14.4. The van der Waals surface area contributed by atoms with Gasteiger partial charge in [0.15, 0.2) is 0 Å². The summed E-state index contributed by atoms with van der Waals surface area (Å²) >= 11 is 0. The van der Waals surface area contributed by atoms with Gasteiger partial charge in [-0.1, -0.05) is 24.3 Å². The van der Waals surface area contributed by atoms with Crippen LogP contribution < -0.4 is 16.0 Å². The van der Waals surface area contributed by atoms with Crippen molar-refractivity contribution >= 4 is 33.3 Å². The molecule has 1 unspecified atom stereocenters. The van der Waals surface area contributed by atoms with Gasteiger partial charge in [0.2, 0.25) is 15.9 Å². The van der Waals surface area contributed by atoms with E-state index in [1.807, 2.05) is 6.92 Å². The van der Waals surface area contributed by atoms with Crippen molar-refractivity contribution in [3.8, 4) is 0 Å². The van der Waals surface area contributed by atoms with Crippen molar-refractivity contribution in [3.63, 3.8) is 0 Å². The van der Waals surface area contributed by atoms with Gasteiger partial charge in [-0.25, -0.2) is 13.2 Å². The van der Waals surface area contributed by atoms with E-state index in [0.717, 1.165) is 0 Å². The van der Waals surface area contributed by atoms with E-state index in [1.54, 1.807) is 54.6 Å². The quantitative estimate of drug-likeness (QED) is 0.655. The topological polar surface area (TPSA) is 108 Å². The van der Waals surface area contributed by atoms with E-state index in [2.05, 4.69) is 16.0 Å². The molecule has 0 aromatic heterocycles. The molecule has 1 aliphatic rings. The summed E-state index contributed by atoms with van der Waals surface area (Å²) in [6.07, 6.45) is 1.23. The van der Waals surface area contributed by atoms with Gasteiger partial charge in [-0.3, -0.25) is 4.79 Å². The zero-order chi connectivity index (χ0) is 21.6. The number of benzene rings is 2. The van der Waals surface area contributed by atoms with E-state index < -0.39 is 15.9 Å². The van der Waals surface area contributed by atoms with Crippen LogP contribution in [0.4, 0.5) is 16.2 Å². The number of nitrogens with zero attached hydrogens (tertiary/aromatic N) is 1. The summed E-state index contributed by atoms with van der Waals surface area (Å²) in [6.45, 7) is 2.86. The molecule has 1 heterocycles. The van der Waals surface area contributed by atoms with E-state index in [4.69, 9.17) is 0 Å². The molecular formula is C21H26N4O4S. The third kappa shape index (κ3) is 5.37. The molecule has 1 atom stereocenters. The number of anilines is 2. The van der Waals surface area contributed by atoms with Crippen LogP contribution in [0, 0.1) is 5.92 Å². The van der Waals surface area contributed by atoms with E-state index in [1.165, 1.54) is 4.31 Å². The predicted octanol–water partition coefficient (Wildman–Crippen LogP) is 2.87. The van der Waals surface area contributed by atoms with Crippen LogP contribution >= 0.6 is 0 Å². The Kier molecular flexibility index (Phi) is 7.07. The summed E-state index contributed by atoms with van der Waals surface area (Å²) in [6, 6.07) is 14.8. The SMILES string of the molecule is CCNC(=O)Nc1cccc(NC(=O)C2CCCN(S(=O)(=O)c3ccccc3)C2)c1. The molecule has 2 aromatic rings. The molecule has 2 aromatic carbocycles. The lowest BCUT2D eigenvalue weighted by atomic mass is 9.98. The third-order valence-corrected chi connectivity index (χ3v) is 6.74. The second-order valence-corrected chi connectivity index (χ2v) is 9.01. The molecular weight excluding hydrogens is 404 g/mol. The van der Waals surface area contributed by atoms with Crippen molar-refractivity contribution in [2.24, 2.45) is 5.92 Å². The Morgan fingerprint density at radius 2 is 1.73 bits per heavy atom. The van der Waals surface area contributed by atoms with Gasteiger partial charge in [-0.2, -0.15) is 4.31 Å². The Morgan fingerprint density at radius 1 is 1.03 bits per heavy atom. The van der Waals surface area contributed by atoms with Crippen molar-refractivity contribution in [1.82, 2.24) is 9.62 Å². The van der Waals surface area contributed by atoms with Crippen molar-refractivity contribution in [1.29, 1.82) is 0 Å². The van der Waals surface area contributed by atoms with Gasteiger partial charge in [0.25, 0.3) is 0 Å². The molecule has 8 nitrogen and oxygen atoms in total. The Morgan fingerprint density at radius 3 is 2.43 bits per heavy atom. The van der Waals surface area contributed by atoms with Crippen LogP contribution in [0.1, 0.15) is 19.8 Å². The molecule has 160 valence electrons. The fourth-order valence-corrected chi connectivity index (χ4v) is 4.92. The lowest BCUT2D eigenvalue weighted by molar-refractivity contribution is -0.120. The minimum Gasteiger partial charge on any atom is -0.338 e. The average molecular weight is 431 g/mol. The Labute approximate surface area is 176 Å². The minimum absolute atomic E-state index is 0.139. The van der Waals surface area contributed by atoms with Crippen molar-refractivity contribution in [2.45, 2.75) is 24.7 Å². The van der Waals surface area contributed by atoms with Crippen LogP contribution in [-0.2, 0) is 14.8 Å². The maximum atomic E-state index is 12.9. The zero-order valence-electron chi connectivity index (χ0n) is 16.8. The summed E-state index contributed by atoms with van der Waals surface area (Å²) in [4.78, 5) is 24.7. The van der Waals surface area contributed by atoms with Gasteiger partial charge in [0, 0.05) is 31.0 Å². The number of carbonyl (C=O) groups is 2. The first-order valence-corrected chi connectivity index (χ1v) is 11.3. The molecule has 0 aliphatic carbocycles.